The molecule has 3 heteroatoms. The molecule has 0 amide bonds. The van der Waals surface area contributed by atoms with Crippen molar-refractivity contribution in [1.29, 1.82) is 0 Å². The first-order valence-electron chi connectivity index (χ1n) is 7.31. The highest BCUT2D eigenvalue weighted by molar-refractivity contribution is 6.14. The second-order valence-electron chi connectivity index (χ2n) is 5.33. The molecule has 0 aliphatic carbocycles. The van der Waals surface area contributed by atoms with Gasteiger partial charge in [-0.3, -0.25) is 0 Å². The Morgan fingerprint density at radius 2 is 1.82 bits per heavy atom. The molecular weight excluding hydrogens is 272 g/mol. The predicted molar refractivity (Wildman–Crippen MR) is 91.4 cm³/mol. The van der Waals surface area contributed by atoms with E-state index in [1.165, 1.54) is 0 Å². The topological polar surface area (TPSA) is 27.1 Å². The Morgan fingerprint density at radius 3 is 2.64 bits per heavy atom. The number of fused-ring (bicyclic) bond motifs is 4. The molecule has 2 aromatic heterocycles. The average Bonchev–Trinajstić information content (AvgIpc) is 2.85. The molecule has 0 aliphatic heterocycles. The number of benzene rings is 2. The van der Waals surface area contributed by atoms with Crippen LogP contribution < -0.4 is 4.74 Å². The van der Waals surface area contributed by atoms with Crippen molar-refractivity contribution in [3.05, 3.63) is 61.2 Å². The number of ether oxygens (including phenoxy) is 1. The third kappa shape index (κ3) is 1.72. The van der Waals surface area contributed by atoms with E-state index in [9.17, 15) is 0 Å². The fourth-order valence-electron chi connectivity index (χ4n) is 3.04. The summed E-state index contributed by atoms with van der Waals surface area (Å²) in [7, 11) is 2.05. The van der Waals surface area contributed by atoms with Gasteiger partial charge < -0.3 is 9.30 Å². The van der Waals surface area contributed by atoms with Gasteiger partial charge in [-0.2, -0.15) is 0 Å². The highest BCUT2D eigenvalue weighted by atomic mass is 16.5. The van der Waals surface area contributed by atoms with Gasteiger partial charge in [0.25, 0.3) is 0 Å². The third-order valence-corrected chi connectivity index (χ3v) is 4.02. The highest BCUT2D eigenvalue weighted by Gasteiger charge is 2.17. The lowest BCUT2D eigenvalue weighted by Gasteiger charge is -2.10. The molecule has 0 unspecified atom stereocenters. The van der Waals surface area contributed by atoms with Gasteiger partial charge in [0.2, 0.25) is 0 Å². The molecule has 0 aliphatic rings. The van der Waals surface area contributed by atoms with Gasteiger partial charge in [-0.25, -0.2) is 4.98 Å². The van der Waals surface area contributed by atoms with Crippen LogP contribution in [0.5, 0.6) is 5.75 Å². The molecule has 0 saturated carbocycles. The van der Waals surface area contributed by atoms with Gasteiger partial charge in [0.05, 0.1) is 16.4 Å². The van der Waals surface area contributed by atoms with E-state index in [1.807, 2.05) is 37.4 Å². The molecule has 4 aromatic rings. The Bertz CT molecular complexity index is 1010. The van der Waals surface area contributed by atoms with Crippen molar-refractivity contribution in [3.63, 3.8) is 0 Å². The van der Waals surface area contributed by atoms with Crippen molar-refractivity contribution >= 4 is 32.8 Å². The monoisotopic (exact) mass is 288 g/mol. The van der Waals surface area contributed by atoms with Gasteiger partial charge in [-0.15, -0.1) is 0 Å². The minimum absolute atomic E-state index is 0.479. The molecule has 0 fully saturated rings. The third-order valence-electron chi connectivity index (χ3n) is 4.02. The molecule has 0 N–H and O–H groups in total. The van der Waals surface area contributed by atoms with Crippen LogP contribution in [0, 0.1) is 0 Å². The Hall–Kier alpha value is -2.81. The summed E-state index contributed by atoms with van der Waals surface area (Å²) in [6.07, 6.45) is 1.77. The van der Waals surface area contributed by atoms with Gasteiger partial charge in [0, 0.05) is 17.8 Å². The summed E-state index contributed by atoms with van der Waals surface area (Å²) in [6.45, 7) is 4.24. The number of nitrogens with zero attached hydrogens (tertiary/aromatic N) is 2. The van der Waals surface area contributed by atoms with Crippen LogP contribution in [0.25, 0.3) is 32.8 Å². The second kappa shape index (κ2) is 4.88. The molecule has 108 valence electrons. The van der Waals surface area contributed by atoms with E-state index >= 15 is 0 Å². The maximum absolute atomic E-state index is 6.03. The molecular formula is C19H16N2O. The van der Waals surface area contributed by atoms with Gasteiger partial charge in [-0.1, -0.05) is 43.0 Å². The van der Waals surface area contributed by atoms with E-state index in [0.29, 0.717) is 6.61 Å². The normalized spacial score (nSPS) is 11.3. The van der Waals surface area contributed by atoms with E-state index in [2.05, 4.69) is 29.3 Å². The number of aromatic nitrogens is 2. The molecule has 4 rings (SSSR count). The summed E-state index contributed by atoms with van der Waals surface area (Å²) in [5.74, 6) is 0.886. The minimum atomic E-state index is 0.479. The van der Waals surface area contributed by atoms with Gasteiger partial charge in [-0.05, 0) is 18.2 Å². The maximum atomic E-state index is 6.03. The largest absolute Gasteiger partial charge is 0.488 e. The lowest BCUT2D eigenvalue weighted by molar-refractivity contribution is 0.372. The van der Waals surface area contributed by atoms with E-state index in [4.69, 9.17) is 9.72 Å². The molecule has 3 nitrogen and oxygen atoms in total. The quantitative estimate of drug-likeness (QED) is 0.521. The summed E-state index contributed by atoms with van der Waals surface area (Å²) < 4.78 is 8.15. The van der Waals surface area contributed by atoms with Crippen LogP contribution in [0.15, 0.2) is 61.2 Å². The number of aryl methyl sites for hydroxylation is 1. The summed E-state index contributed by atoms with van der Waals surface area (Å²) in [4.78, 5) is 4.84. The molecule has 0 atom stereocenters. The van der Waals surface area contributed by atoms with Crippen LogP contribution in [0.4, 0.5) is 0 Å². The second-order valence-corrected chi connectivity index (χ2v) is 5.33. The average molecular weight is 288 g/mol. The predicted octanol–water partition coefficient (Wildman–Crippen LogP) is 4.44. The zero-order valence-corrected chi connectivity index (χ0v) is 12.4. The smallest absolute Gasteiger partial charge is 0.145 e. The van der Waals surface area contributed by atoms with Crippen molar-refractivity contribution < 1.29 is 4.74 Å². The first-order chi connectivity index (χ1) is 10.8. The minimum Gasteiger partial charge on any atom is -0.488 e. The molecule has 2 aromatic carbocycles. The van der Waals surface area contributed by atoms with E-state index in [1.54, 1.807) is 6.08 Å². The van der Waals surface area contributed by atoms with Crippen LogP contribution in [0.2, 0.25) is 0 Å². The van der Waals surface area contributed by atoms with Crippen LogP contribution in [-0.2, 0) is 7.05 Å². The van der Waals surface area contributed by atoms with Crippen molar-refractivity contribution in [2.45, 2.75) is 0 Å². The Morgan fingerprint density at radius 1 is 1.09 bits per heavy atom. The lowest BCUT2D eigenvalue weighted by atomic mass is 10.1. The summed E-state index contributed by atoms with van der Waals surface area (Å²) in [6, 6.07) is 16.4. The number of hydrogen-bond donors (Lipinski definition) is 0. The van der Waals surface area contributed by atoms with Crippen LogP contribution >= 0.6 is 0 Å². The molecule has 0 saturated heterocycles. The zero-order valence-electron chi connectivity index (χ0n) is 12.4. The van der Waals surface area contributed by atoms with Gasteiger partial charge in [0.15, 0.2) is 0 Å². The fraction of sp³-hybridized carbons (Fsp3) is 0.105. The molecule has 2 heterocycles. The van der Waals surface area contributed by atoms with Crippen molar-refractivity contribution in [2.75, 3.05) is 6.61 Å². The SMILES string of the molecule is C=CCOc1c2ccccc2nc2c1c1ccccc1n2C. The van der Waals surface area contributed by atoms with Gasteiger partial charge in [0.1, 0.15) is 18.0 Å². The number of rotatable bonds is 3. The Balaban J connectivity index is 2.24. The number of para-hydroxylation sites is 2. The lowest BCUT2D eigenvalue weighted by Crippen LogP contribution is -1.97. The van der Waals surface area contributed by atoms with Crippen LogP contribution in [-0.4, -0.2) is 16.2 Å². The van der Waals surface area contributed by atoms with Crippen LogP contribution in [0.1, 0.15) is 0 Å². The summed E-state index contributed by atoms with van der Waals surface area (Å²) in [5.41, 5.74) is 3.04. The Kier molecular flexibility index (Phi) is 2.86. The molecule has 0 bridgehead atoms. The van der Waals surface area contributed by atoms with Crippen molar-refractivity contribution in [1.82, 2.24) is 9.55 Å². The number of hydrogen-bond acceptors (Lipinski definition) is 2. The number of pyridine rings is 1. The Labute approximate surface area is 128 Å². The van der Waals surface area contributed by atoms with E-state index in [0.717, 1.165) is 38.6 Å². The zero-order chi connectivity index (χ0) is 15.1. The van der Waals surface area contributed by atoms with Crippen molar-refractivity contribution in [2.24, 2.45) is 7.05 Å². The first kappa shape index (κ1) is 12.9. The maximum Gasteiger partial charge on any atom is 0.145 e. The standard InChI is InChI=1S/C19H16N2O/c1-3-12-22-18-13-8-4-6-10-15(13)20-19-17(18)14-9-5-7-11-16(14)21(19)2/h3-11H,1,12H2,2H3. The van der Waals surface area contributed by atoms with Crippen LogP contribution in [0.3, 0.4) is 0 Å². The first-order valence-corrected chi connectivity index (χ1v) is 7.31. The van der Waals surface area contributed by atoms with E-state index in [-0.39, 0.29) is 0 Å². The molecule has 0 spiro atoms. The fourth-order valence-corrected chi connectivity index (χ4v) is 3.04. The molecule has 22 heavy (non-hydrogen) atoms. The van der Waals surface area contributed by atoms with Crippen molar-refractivity contribution in [3.8, 4) is 5.75 Å². The molecule has 0 radical (unpaired) electrons. The summed E-state index contributed by atoms with van der Waals surface area (Å²) >= 11 is 0. The summed E-state index contributed by atoms with van der Waals surface area (Å²) in [5, 5.41) is 3.27. The van der Waals surface area contributed by atoms with Gasteiger partial charge >= 0.3 is 0 Å². The highest BCUT2D eigenvalue weighted by Crippen LogP contribution is 2.38. The van der Waals surface area contributed by atoms with E-state index < -0.39 is 0 Å².